The first-order valence-electron chi connectivity index (χ1n) is 12.4. The third-order valence-corrected chi connectivity index (χ3v) is 6.91. The molecule has 0 bridgehead atoms. The second kappa shape index (κ2) is 10.8. The number of hydroxylamine groups is 1. The van der Waals surface area contributed by atoms with E-state index in [9.17, 15) is 14.7 Å². The highest BCUT2D eigenvalue weighted by molar-refractivity contribution is 5.96. The summed E-state index contributed by atoms with van der Waals surface area (Å²) in [5.41, 5.74) is 6.61. The number of aromatic nitrogens is 1. The van der Waals surface area contributed by atoms with Gasteiger partial charge in [0.25, 0.3) is 5.91 Å². The largest absolute Gasteiger partial charge is 0.395 e. The fraction of sp³-hybridized carbons (Fsp3) is 0.379. The number of amides is 1. The number of rotatable bonds is 8. The Morgan fingerprint density at radius 3 is 2.58 bits per heavy atom. The monoisotopic (exact) mass is 489 g/mol. The molecule has 4 rings (SSSR count). The Bertz CT molecular complexity index is 1290. The molecular weight excluding hydrogens is 454 g/mol. The van der Waals surface area contributed by atoms with E-state index in [0.29, 0.717) is 6.54 Å². The molecule has 1 unspecified atom stereocenters. The third kappa shape index (κ3) is 5.59. The first-order valence-corrected chi connectivity index (χ1v) is 12.4. The summed E-state index contributed by atoms with van der Waals surface area (Å²) in [6.45, 7) is 7.26. The van der Waals surface area contributed by atoms with Crippen molar-refractivity contribution >= 4 is 28.8 Å². The molecule has 1 aromatic heterocycles. The predicted octanol–water partition coefficient (Wildman–Crippen LogP) is 3.85. The van der Waals surface area contributed by atoms with Crippen LogP contribution in [0.3, 0.4) is 0 Å². The lowest BCUT2D eigenvalue weighted by Gasteiger charge is -2.28. The molecule has 7 heteroatoms. The Morgan fingerprint density at radius 1 is 1.11 bits per heavy atom. The van der Waals surface area contributed by atoms with Gasteiger partial charge in [-0.3, -0.25) is 24.3 Å². The average molecular weight is 490 g/mol. The van der Waals surface area contributed by atoms with Gasteiger partial charge in [0.05, 0.1) is 12.1 Å². The van der Waals surface area contributed by atoms with Crippen molar-refractivity contribution in [2.45, 2.75) is 46.1 Å². The number of fused-ring (bicyclic) bond motifs is 2. The standard InChI is InChI=1S/C29H35N3O4/c1-29(2,3)28(35)32-19-22(25-6-4-5-7-26(25)32)12-13-31(14-15-33)24-17-21-10-8-20(16-23(21)18-24)9-11-27(34)30-36/h4-11,16,19,24,33,36H,12-15,17-18H2,1-3H3,(H,30,34). The van der Waals surface area contributed by atoms with Gasteiger partial charge in [0, 0.05) is 42.2 Å². The molecule has 1 heterocycles. The highest BCUT2D eigenvalue weighted by Gasteiger charge is 2.28. The van der Waals surface area contributed by atoms with Crippen molar-refractivity contribution in [2.24, 2.45) is 5.41 Å². The minimum atomic E-state index is -0.562. The number of hydrogen-bond donors (Lipinski definition) is 3. The Kier molecular flexibility index (Phi) is 7.73. The Balaban J connectivity index is 1.50. The minimum absolute atomic E-state index is 0.0738. The van der Waals surface area contributed by atoms with Gasteiger partial charge in [0.2, 0.25) is 5.91 Å². The SMILES string of the molecule is CC(C)(C)C(=O)n1cc(CCN(CCO)C2Cc3ccc(C=CC(=O)NO)cc3C2)c2ccccc21. The van der Waals surface area contributed by atoms with E-state index in [-0.39, 0.29) is 18.6 Å². The zero-order valence-electron chi connectivity index (χ0n) is 21.2. The van der Waals surface area contributed by atoms with Crippen molar-refractivity contribution in [2.75, 3.05) is 19.7 Å². The summed E-state index contributed by atoms with van der Waals surface area (Å²) < 4.78 is 1.79. The number of aliphatic hydroxyl groups is 1. The molecule has 0 spiro atoms. The number of nitrogens with zero attached hydrogens (tertiary/aromatic N) is 2. The minimum Gasteiger partial charge on any atom is -0.395 e. The van der Waals surface area contributed by atoms with Crippen LogP contribution < -0.4 is 5.48 Å². The lowest BCUT2D eigenvalue weighted by Crippen LogP contribution is -2.39. The molecule has 3 aromatic rings. The van der Waals surface area contributed by atoms with E-state index in [1.807, 2.05) is 51.2 Å². The Morgan fingerprint density at radius 2 is 1.86 bits per heavy atom. The molecule has 1 aliphatic carbocycles. The number of carbonyl (C=O) groups is 2. The molecule has 0 saturated heterocycles. The van der Waals surface area contributed by atoms with Gasteiger partial charge < -0.3 is 5.11 Å². The van der Waals surface area contributed by atoms with Crippen molar-refractivity contribution in [1.29, 1.82) is 0 Å². The van der Waals surface area contributed by atoms with Crippen LogP contribution in [-0.4, -0.2) is 57.3 Å². The smallest absolute Gasteiger partial charge is 0.267 e. The highest BCUT2D eigenvalue weighted by atomic mass is 16.5. The maximum absolute atomic E-state index is 13.1. The maximum Gasteiger partial charge on any atom is 0.267 e. The number of para-hydroxylation sites is 1. The van der Waals surface area contributed by atoms with Gasteiger partial charge in [-0.1, -0.05) is 57.2 Å². The van der Waals surface area contributed by atoms with Crippen molar-refractivity contribution < 1.29 is 19.9 Å². The van der Waals surface area contributed by atoms with Gasteiger partial charge in [-0.05, 0) is 53.7 Å². The molecule has 3 N–H and O–H groups in total. The third-order valence-electron chi connectivity index (χ3n) is 6.91. The summed E-state index contributed by atoms with van der Waals surface area (Å²) in [5, 5.41) is 19.6. The average Bonchev–Trinajstić information content (AvgIpc) is 3.45. The van der Waals surface area contributed by atoms with Gasteiger partial charge in [-0.2, -0.15) is 0 Å². The highest BCUT2D eigenvalue weighted by Crippen LogP contribution is 2.29. The molecule has 1 atom stereocenters. The van der Waals surface area contributed by atoms with E-state index in [0.717, 1.165) is 47.8 Å². The zero-order chi connectivity index (χ0) is 25.9. The van der Waals surface area contributed by atoms with Crippen LogP contribution in [0.4, 0.5) is 0 Å². The van der Waals surface area contributed by atoms with E-state index in [1.54, 1.807) is 16.1 Å². The summed E-state index contributed by atoms with van der Waals surface area (Å²) in [4.78, 5) is 26.7. The molecule has 0 radical (unpaired) electrons. The topological polar surface area (TPSA) is 94.8 Å². The van der Waals surface area contributed by atoms with Crippen LogP contribution >= 0.6 is 0 Å². The van der Waals surface area contributed by atoms with Crippen molar-refractivity contribution in [3.8, 4) is 0 Å². The Hall–Kier alpha value is -3.26. The number of hydrogen-bond acceptors (Lipinski definition) is 5. The lowest BCUT2D eigenvalue weighted by molar-refractivity contribution is -0.124. The first-order chi connectivity index (χ1) is 17.2. The van der Waals surface area contributed by atoms with Crippen LogP contribution in [0.5, 0.6) is 0 Å². The van der Waals surface area contributed by atoms with Gasteiger partial charge in [0.15, 0.2) is 0 Å². The molecule has 0 saturated carbocycles. The molecule has 36 heavy (non-hydrogen) atoms. The summed E-state index contributed by atoms with van der Waals surface area (Å²) in [6.07, 6.45) is 7.52. The fourth-order valence-corrected chi connectivity index (χ4v) is 5.03. The van der Waals surface area contributed by atoms with E-state index in [4.69, 9.17) is 5.21 Å². The summed E-state index contributed by atoms with van der Waals surface area (Å²) in [5.74, 6) is -0.488. The molecule has 190 valence electrons. The van der Waals surface area contributed by atoms with Crippen LogP contribution in [0.1, 0.15) is 47.8 Å². The number of benzene rings is 2. The number of carbonyl (C=O) groups excluding carboxylic acids is 2. The van der Waals surface area contributed by atoms with Crippen LogP contribution in [0.25, 0.3) is 17.0 Å². The predicted molar refractivity (Wildman–Crippen MR) is 141 cm³/mol. The molecule has 2 aromatic carbocycles. The summed E-state index contributed by atoms with van der Waals surface area (Å²) >= 11 is 0. The summed E-state index contributed by atoms with van der Waals surface area (Å²) in [6, 6.07) is 14.5. The van der Waals surface area contributed by atoms with Crippen molar-refractivity contribution in [3.05, 3.63) is 77.0 Å². The zero-order valence-corrected chi connectivity index (χ0v) is 21.2. The van der Waals surface area contributed by atoms with Crippen LogP contribution in [0.2, 0.25) is 0 Å². The van der Waals surface area contributed by atoms with Crippen molar-refractivity contribution in [3.63, 3.8) is 0 Å². The van der Waals surface area contributed by atoms with E-state index in [1.165, 1.54) is 17.2 Å². The first kappa shape index (κ1) is 25.8. The second-order valence-corrected chi connectivity index (χ2v) is 10.5. The summed E-state index contributed by atoms with van der Waals surface area (Å²) in [7, 11) is 0. The number of aliphatic hydroxyl groups excluding tert-OH is 1. The Labute approximate surface area is 212 Å². The maximum atomic E-state index is 13.1. The van der Waals surface area contributed by atoms with Gasteiger partial charge >= 0.3 is 0 Å². The molecule has 1 aliphatic rings. The molecule has 0 fully saturated rings. The van der Waals surface area contributed by atoms with E-state index >= 15 is 0 Å². The fourth-order valence-electron chi connectivity index (χ4n) is 5.03. The molecule has 0 aliphatic heterocycles. The van der Waals surface area contributed by atoms with Crippen LogP contribution in [0, 0.1) is 5.41 Å². The van der Waals surface area contributed by atoms with E-state index < -0.39 is 11.3 Å². The van der Waals surface area contributed by atoms with Crippen LogP contribution in [0.15, 0.2) is 54.7 Å². The molecule has 1 amide bonds. The molecule has 7 nitrogen and oxygen atoms in total. The second-order valence-electron chi connectivity index (χ2n) is 10.5. The van der Waals surface area contributed by atoms with Gasteiger partial charge in [0.1, 0.15) is 0 Å². The van der Waals surface area contributed by atoms with E-state index in [2.05, 4.69) is 23.1 Å². The normalized spacial score (nSPS) is 15.7. The number of nitrogens with one attached hydrogen (secondary N) is 1. The van der Waals surface area contributed by atoms with Crippen LogP contribution in [-0.2, 0) is 24.1 Å². The lowest BCUT2D eigenvalue weighted by atomic mass is 9.95. The van der Waals surface area contributed by atoms with Gasteiger partial charge in [-0.15, -0.1) is 0 Å². The van der Waals surface area contributed by atoms with Crippen molar-refractivity contribution in [1.82, 2.24) is 14.9 Å². The molecular formula is C29H35N3O4. The quantitative estimate of drug-likeness (QED) is 0.254. The van der Waals surface area contributed by atoms with Gasteiger partial charge in [-0.25, -0.2) is 5.48 Å².